The number of carbonyl (C=O) groups excluding carboxylic acids is 4. The molecule has 1 aliphatic rings. The summed E-state index contributed by atoms with van der Waals surface area (Å²) in [5, 5.41) is 7.63. The fraction of sp³-hybridized carbons (Fsp3) is 0.423. The third-order valence-electron chi connectivity index (χ3n) is 6.14. The van der Waals surface area contributed by atoms with E-state index in [4.69, 9.17) is 0 Å². The Kier molecular flexibility index (Phi) is 9.21. The molecule has 36 heavy (non-hydrogen) atoms. The van der Waals surface area contributed by atoms with Crippen LogP contribution in [0.25, 0.3) is 0 Å². The third kappa shape index (κ3) is 7.93. The number of nitrogens with one attached hydrogen (secondary N) is 3. The molecule has 1 aromatic heterocycles. The number of halogens is 2. The molecule has 0 saturated heterocycles. The zero-order chi connectivity index (χ0) is 26.1. The first-order valence-electron chi connectivity index (χ1n) is 11.9. The van der Waals surface area contributed by atoms with E-state index in [0.717, 1.165) is 5.56 Å². The van der Waals surface area contributed by atoms with E-state index < -0.39 is 47.4 Å². The molecule has 1 saturated carbocycles. The van der Waals surface area contributed by atoms with Crippen molar-refractivity contribution in [1.29, 1.82) is 0 Å². The topological polar surface area (TPSA) is 117 Å². The number of alkyl halides is 2. The van der Waals surface area contributed by atoms with E-state index in [1.807, 2.05) is 0 Å². The molecule has 0 spiro atoms. The van der Waals surface area contributed by atoms with Gasteiger partial charge < -0.3 is 16.0 Å². The Labute approximate surface area is 208 Å². The van der Waals surface area contributed by atoms with Gasteiger partial charge in [-0.15, -0.1) is 0 Å². The second-order valence-corrected chi connectivity index (χ2v) is 8.98. The monoisotopic (exact) mass is 500 g/mol. The number of carbonyl (C=O) groups is 4. The zero-order valence-corrected chi connectivity index (χ0v) is 20.0. The highest BCUT2D eigenvalue weighted by Gasteiger charge is 2.38. The Morgan fingerprint density at radius 1 is 1.00 bits per heavy atom. The maximum absolute atomic E-state index is 13.4. The van der Waals surface area contributed by atoms with Crippen LogP contribution in [0.2, 0.25) is 0 Å². The highest BCUT2D eigenvalue weighted by molar-refractivity contribution is 6.38. The number of aromatic nitrogens is 1. The number of pyridine rings is 1. The van der Waals surface area contributed by atoms with Gasteiger partial charge in [0.2, 0.25) is 23.5 Å². The van der Waals surface area contributed by atoms with Crippen LogP contribution in [0.15, 0.2) is 54.7 Å². The minimum atomic E-state index is -2.76. The maximum atomic E-state index is 13.4. The van der Waals surface area contributed by atoms with Gasteiger partial charge in [0.05, 0.1) is 12.2 Å². The van der Waals surface area contributed by atoms with Crippen molar-refractivity contribution < 1.29 is 28.0 Å². The molecule has 192 valence electrons. The number of Topliss-reactive ketones (excluding diaryl/α,β-unsaturated/α-hetero) is 1. The molecule has 1 aromatic carbocycles. The molecule has 2 atom stereocenters. The minimum Gasteiger partial charge on any atom is -0.344 e. The van der Waals surface area contributed by atoms with Gasteiger partial charge in [0.25, 0.3) is 5.91 Å². The van der Waals surface area contributed by atoms with Crippen LogP contribution >= 0.6 is 0 Å². The average molecular weight is 501 g/mol. The Morgan fingerprint density at radius 3 is 2.31 bits per heavy atom. The van der Waals surface area contributed by atoms with Gasteiger partial charge in [-0.2, -0.15) is 0 Å². The van der Waals surface area contributed by atoms with Gasteiger partial charge >= 0.3 is 0 Å². The van der Waals surface area contributed by atoms with Gasteiger partial charge in [-0.1, -0.05) is 36.4 Å². The van der Waals surface area contributed by atoms with E-state index in [0.29, 0.717) is 5.69 Å². The molecule has 3 amide bonds. The number of rotatable bonds is 10. The van der Waals surface area contributed by atoms with E-state index in [9.17, 15) is 28.0 Å². The minimum absolute atomic E-state index is 0.0404. The fourth-order valence-electron chi connectivity index (χ4n) is 3.97. The Hall–Kier alpha value is -3.69. The Morgan fingerprint density at radius 2 is 1.67 bits per heavy atom. The van der Waals surface area contributed by atoms with Crippen LogP contribution in [0.4, 0.5) is 8.78 Å². The van der Waals surface area contributed by atoms with E-state index in [-0.39, 0.29) is 38.6 Å². The summed E-state index contributed by atoms with van der Waals surface area (Å²) in [5.41, 5.74) is 1.30. The molecule has 0 aliphatic heterocycles. The summed E-state index contributed by atoms with van der Waals surface area (Å²) in [6, 6.07) is 11.9. The van der Waals surface area contributed by atoms with Crippen molar-refractivity contribution in [3.63, 3.8) is 0 Å². The van der Waals surface area contributed by atoms with Gasteiger partial charge in [0.15, 0.2) is 0 Å². The SMILES string of the molecule is C[C@@H](NC(=O)C1CCC(F)(F)CC1)C(=O)N[C@H](Cc1ccccc1)C(=O)C(=O)NCc1ccccn1. The number of nitrogens with zero attached hydrogens (tertiary/aromatic N) is 1. The normalized spacial score (nSPS) is 16.9. The van der Waals surface area contributed by atoms with Crippen molar-refractivity contribution >= 4 is 23.5 Å². The smallest absolute Gasteiger partial charge is 0.289 e. The number of ketones is 1. The van der Waals surface area contributed by atoms with Crippen molar-refractivity contribution in [2.45, 2.75) is 63.6 Å². The van der Waals surface area contributed by atoms with Gasteiger partial charge in [0.1, 0.15) is 12.1 Å². The zero-order valence-electron chi connectivity index (χ0n) is 20.0. The molecule has 0 bridgehead atoms. The second-order valence-electron chi connectivity index (χ2n) is 8.98. The standard InChI is InChI=1S/C26H30F2N4O4/c1-17(31-24(35)19-10-12-26(27,28)13-11-19)23(34)32-21(15-18-7-3-2-4-8-18)22(33)25(36)30-16-20-9-5-6-14-29-20/h2-9,14,17,19,21H,10-13,15-16H2,1H3,(H,30,36)(H,31,35)(H,32,34)/t17-,21-/m1/s1. The predicted octanol–water partition coefficient (Wildman–Crippen LogP) is 2.32. The van der Waals surface area contributed by atoms with Crippen molar-refractivity contribution in [2.75, 3.05) is 0 Å². The van der Waals surface area contributed by atoms with Gasteiger partial charge in [-0.3, -0.25) is 24.2 Å². The van der Waals surface area contributed by atoms with Crippen molar-refractivity contribution in [3.05, 3.63) is 66.0 Å². The van der Waals surface area contributed by atoms with E-state index in [2.05, 4.69) is 20.9 Å². The number of amides is 3. The molecular formula is C26H30F2N4O4. The maximum Gasteiger partial charge on any atom is 0.289 e. The van der Waals surface area contributed by atoms with Crippen molar-refractivity contribution in [2.24, 2.45) is 5.92 Å². The van der Waals surface area contributed by atoms with Gasteiger partial charge in [-0.05, 0) is 37.5 Å². The lowest BCUT2D eigenvalue weighted by molar-refractivity contribution is -0.140. The molecule has 1 aliphatic carbocycles. The van der Waals surface area contributed by atoms with Crippen LogP contribution in [-0.2, 0) is 32.1 Å². The van der Waals surface area contributed by atoms with E-state index in [1.165, 1.54) is 6.92 Å². The van der Waals surface area contributed by atoms with Crippen LogP contribution in [0.1, 0.15) is 43.9 Å². The molecule has 0 unspecified atom stereocenters. The first kappa shape index (κ1) is 26.9. The molecule has 1 fully saturated rings. The van der Waals surface area contributed by atoms with Crippen LogP contribution in [0.5, 0.6) is 0 Å². The van der Waals surface area contributed by atoms with Gasteiger partial charge in [0, 0.05) is 31.4 Å². The fourth-order valence-corrected chi connectivity index (χ4v) is 3.97. The number of hydrogen-bond acceptors (Lipinski definition) is 5. The lowest BCUT2D eigenvalue weighted by Crippen LogP contribution is -2.54. The summed E-state index contributed by atoms with van der Waals surface area (Å²) in [6.07, 6.45) is 0.981. The summed E-state index contributed by atoms with van der Waals surface area (Å²) >= 11 is 0. The van der Waals surface area contributed by atoms with Crippen molar-refractivity contribution in [3.8, 4) is 0 Å². The molecule has 3 N–H and O–H groups in total. The molecule has 3 rings (SSSR count). The lowest BCUT2D eigenvalue weighted by Gasteiger charge is -2.28. The van der Waals surface area contributed by atoms with Crippen LogP contribution in [-0.4, -0.2) is 46.5 Å². The Balaban J connectivity index is 1.61. The summed E-state index contributed by atoms with van der Waals surface area (Å²) < 4.78 is 26.8. The van der Waals surface area contributed by atoms with Crippen molar-refractivity contribution in [1.82, 2.24) is 20.9 Å². The van der Waals surface area contributed by atoms with E-state index in [1.54, 1.807) is 54.7 Å². The van der Waals surface area contributed by atoms with E-state index >= 15 is 0 Å². The molecule has 1 heterocycles. The average Bonchev–Trinajstić information content (AvgIpc) is 2.87. The summed E-state index contributed by atoms with van der Waals surface area (Å²) in [4.78, 5) is 54.9. The molecule has 0 radical (unpaired) electrons. The number of hydrogen-bond donors (Lipinski definition) is 3. The summed E-state index contributed by atoms with van der Waals surface area (Å²) in [7, 11) is 0. The molecule has 8 nitrogen and oxygen atoms in total. The van der Waals surface area contributed by atoms with Gasteiger partial charge in [-0.25, -0.2) is 8.78 Å². The highest BCUT2D eigenvalue weighted by atomic mass is 19.3. The van der Waals surface area contributed by atoms with Crippen LogP contribution < -0.4 is 16.0 Å². The Bertz CT molecular complexity index is 1060. The quantitative estimate of drug-likeness (QED) is 0.433. The first-order chi connectivity index (χ1) is 17.1. The largest absolute Gasteiger partial charge is 0.344 e. The first-order valence-corrected chi connectivity index (χ1v) is 11.9. The number of benzene rings is 1. The molecular weight excluding hydrogens is 470 g/mol. The highest BCUT2D eigenvalue weighted by Crippen LogP contribution is 2.36. The summed E-state index contributed by atoms with van der Waals surface area (Å²) in [5.74, 6) is -6.21. The predicted molar refractivity (Wildman–Crippen MR) is 128 cm³/mol. The molecule has 10 heteroatoms. The lowest BCUT2D eigenvalue weighted by atomic mass is 9.86. The summed E-state index contributed by atoms with van der Waals surface area (Å²) in [6.45, 7) is 1.49. The second kappa shape index (κ2) is 12.3. The van der Waals surface area contributed by atoms with Crippen LogP contribution in [0, 0.1) is 5.92 Å². The third-order valence-corrected chi connectivity index (χ3v) is 6.14. The van der Waals surface area contributed by atoms with Crippen LogP contribution in [0.3, 0.4) is 0 Å². The molecule has 2 aromatic rings.